The number of carbonyl (C=O) groups is 1. The molecule has 0 saturated carbocycles. The zero-order valence-electron chi connectivity index (χ0n) is 13.9. The molecule has 6 nitrogen and oxygen atoms in total. The number of aliphatic hydroxyl groups is 1. The van der Waals surface area contributed by atoms with Crippen molar-refractivity contribution < 1.29 is 19.2 Å². The van der Waals surface area contributed by atoms with Gasteiger partial charge in [-0.05, 0) is 50.9 Å². The van der Waals surface area contributed by atoms with Gasteiger partial charge >= 0.3 is 13.1 Å². The van der Waals surface area contributed by atoms with Gasteiger partial charge in [0.25, 0.3) is 0 Å². The Labute approximate surface area is 136 Å². The van der Waals surface area contributed by atoms with E-state index in [1.54, 1.807) is 24.3 Å². The lowest BCUT2D eigenvalue weighted by Gasteiger charge is -2.32. The van der Waals surface area contributed by atoms with Gasteiger partial charge in [0.15, 0.2) is 0 Å². The lowest BCUT2D eigenvalue weighted by molar-refractivity contribution is 0.00578. The van der Waals surface area contributed by atoms with Crippen LogP contribution in [0.25, 0.3) is 6.08 Å². The molecule has 1 fully saturated rings. The first-order valence-corrected chi connectivity index (χ1v) is 7.48. The van der Waals surface area contributed by atoms with Crippen molar-refractivity contribution in [2.75, 3.05) is 11.9 Å². The fraction of sp³-hybridized carbons (Fsp3) is 0.438. The zero-order chi connectivity index (χ0) is 17.3. The highest BCUT2D eigenvalue weighted by Crippen LogP contribution is 2.38. The van der Waals surface area contributed by atoms with Crippen LogP contribution in [0.4, 0.5) is 10.5 Å². The summed E-state index contributed by atoms with van der Waals surface area (Å²) in [6, 6.07) is 6.50. The maximum atomic E-state index is 10.9. The number of amides is 2. The maximum absolute atomic E-state index is 10.9. The summed E-state index contributed by atoms with van der Waals surface area (Å²) >= 11 is 0. The number of hydrogen-bond donors (Lipinski definition) is 3. The largest absolute Gasteiger partial charge is 0.492 e. The third kappa shape index (κ3) is 3.93. The first-order valence-electron chi connectivity index (χ1n) is 7.48. The third-order valence-corrected chi connectivity index (χ3v) is 4.24. The molecule has 1 aliphatic heterocycles. The number of carbonyl (C=O) groups excluding carboxylic acids is 1. The molecule has 2 amide bonds. The molecule has 1 aromatic rings. The van der Waals surface area contributed by atoms with Crippen LogP contribution in [0.15, 0.2) is 29.7 Å². The average Bonchev–Trinajstić information content (AvgIpc) is 2.64. The topological polar surface area (TPSA) is 93.8 Å². The monoisotopic (exact) mass is 318 g/mol. The van der Waals surface area contributed by atoms with Crippen LogP contribution in [0.5, 0.6) is 0 Å². The number of anilines is 1. The summed E-state index contributed by atoms with van der Waals surface area (Å²) in [6.07, 6.45) is 1.79. The van der Waals surface area contributed by atoms with Gasteiger partial charge in [0.2, 0.25) is 0 Å². The zero-order valence-corrected chi connectivity index (χ0v) is 13.9. The van der Waals surface area contributed by atoms with E-state index in [1.165, 1.54) is 0 Å². The fourth-order valence-electron chi connectivity index (χ4n) is 2.25. The summed E-state index contributed by atoms with van der Waals surface area (Å²) in [5.41, 5.74) is 6.17. The minimum atomic E-state index is -0.625. The summed E-state index contributed by atoms with van der Waals surface area (Å²) in [4.78, 5) is 10.9. The molecule has 0 radical (unpaired) electrons. The standard InChI is InChI=1S/C16H23BN2O4/c1-15(2)16(3,4)23-17(22-15)12(10-20)8-11-6-5-7-13(9-11)19-14(18)21/h5-9,20H,10H2,1-4H3,(H3,18,19,21). The van der Waals surface area contributed by atoms with Gasteiger partial charge in [-0.15, -0.1) is 0 Å². The van der Waals surface area contributed by atoms with Crippen LogP contribution in [0.2, 0.25) is 0 Å². The average molecular weight is 318 g/mol. The second kappa shape index (κ2) is 6.35. The molecule has 2 rings (SSSR count). The van der Waals surface area contributed by atoms with E-state index in [4.69, 9.17) is 15.0 Å². The number of urea groups is 1. The van der Waals surface area contributed by atoms with Crippen LogP contribution >= 0.6 is 0 Å². The summed E-state index contributed by atoms with van der Waals surface area (Å²) < 4.78 is 11.9. The van der Waals surface area contributed by atoms with E-state index in [-0.39, 0.29) is 6.61 Å². The molecule has 1 saturated heterocycles. The highest BCUT2D eigenvalue weighted by molar-refractivity contribution is 6.55. The second-order valence-electron chi connectivity index (χ2n) is 6.58. The van der Waals surface area contributed by atoms with Crippen LogP contribution in [0.1, 0.15) is 33.3 Å². The molecule has 23 heavy (non-hydrogen) atoms. The lowest BCUT2D eigenvalue weighted by Crippen LogP contribution is -2.41. The second-order valence-corrected chi connectivity index (χ2v) is 6.58. The molecular weight excluding hydrogens is 295 g/mol. The Morgan fingerprint density at radius 2 is 1.91 bits per heavy atom. The predicted octanol–water partition coefficient (Wildman–Crippen LogP) is 2.18. The first kappa shape index (κ1) is 17.5. The van der Waals surface area contributed by atoms with Gasteiger partial charge in [0.05, 0.1) is 17.8 Å². The van der Waals surface area contributed by atoms with E-state index in [9.17, 15) is 9.90 Å². The number of nitrogens with one attached hydrogen (secondary N) is 1. The van der Waals surface area contributed by atoms with Gasteiger partial charge in [0, 0.05) is 5.69 Å². The molecule has 0 aliphatic carbocycles. The normalized spacial score (nSPS) is 19.7. The molecule has 0 bridgehead atoms. The van der Waals surface area contributed by atoms with E-state index in [0.717, 1.165) is 5.56 Å². The summed E-state index contributed by atoms with van der Waals surface area (Å²) in [6.45, 7) is 7.64. The molecular formula is C16H23BN2O4. The smallest absolute Gasteiger partial charge is 0.400 e. The number of rotatable bonds is 4. The minimum absolute atomic E-state index is 0.190. The van der Waals surface area contributed by atoms with Crippen molar-refractivity contribution in [1.29, 1.82) is 0 Å². The van der Waals surface area contributed by atoms with E-state index in [1.807, 2.05) is 33.8 Å². The van der Waals surface area contributed by atoms with E-state index in [2.05, 4.69) is 5.32 Å². The Hall–Kier alpha value is -1.83. The third-order valence-electron chi connectivity index (χ3n) is 4.24. The molecule has 7 heteroatoms. The van der Waals surface area contributed by atoms with Crippen molar-refractivity contribution in [3.63, 3.8) is 0 Å². The quantitative estimate of drug-likeness (QED) is 0.742. The van der Waals surface area contributed by atoms with Gasteiger partial charge in [-0.1, -0.05) is 18.2 Å². The summed E-state index contributed by atoms with van der Waals surface area (Å²) in [7, 11) is -0.613. The molecule has 1 aliphatic rings. The van der Waals surface area contributed by atoms with Crippen LogP contribution in [0.3, 0.4) is 0 Å². The van der Waals surface area contributed by atoms with Crippen molar-refractivity contribution in [2.45, 2.75) is 38.9 Å². The number of aliphatic hydroxyl groups excluding tert-OH is 1. The van der Waals surface area contributed by atoms with Crippen LogP contribution in [-0.2, 0) is 9.31 Å². The number of primary amides is 1. The highest BCUT2D eigenvalue weighted by atomic mass is 16.7. The molecule has 0 unspecified atom stereocenters. The number of benzene rings is 1. The van der Waals surface area contributed by atoms with E-state index < -0.39 is 24.4 Å². The van der Waals surface area contributed by atoms with Crippen LogP contribution in [0, 0.1) is 0 Å². The van der Waals surface area contributed by atoms with Gasteiger partial charge in [-0.3, -0.25) is 0 Å². The first-order chi connectivity index (χ1) is 10.6. The Bertz CT molecular complexity index is 612. The highest BCUT2D eigenvalue weighted by Gasteiger charge is 2.52. The van der Waals surface area contributed by atoms with E-state index in [0.29, 0.717) is 11.2 Å². The van der Waals surface area contributed by atoms with Crippen LogP contribution < -0.4 is 11.1 Å². The Morgan fingerprint density at radius 1 is 1.30 bits per heavy atom. The van der Waals surface area contributed by atoms with Crippen molar-refractivity contribution in [1.82, 2.24) is 0 Å². The number of nitrogens with two attached hydrogens (primary N) is 1. The lowest BCUT2D eigenvalue weighted by atomic mass is 9.77. The SMILES string of the molecule is CC1(C)OB(C(=Cc2cccc(NC(N)=O)c2)CO)OC1(C)C. The van der Waals surface area contributed by atoms with Crippen molar-refractivity contribution in [3.05, 3.63) is 35.3 Å². The molecule has 124 valence electrons. The van der Waals surface area contributed by atoms with Gasteiger partial charge < -0.3 is 25.5 Å². The Kier molecular flexibility index (Phi) is 4.84. The minimum Gasteiger partial charge on any atom is -0.400 e. The van der Waals surface area contributed by atoms with Crippen molar-refractivity contribution in [2.24, 2.45) is 5.73 Å². The van der Waals surface area contributed by atoms with Gasteiger partial charge in [0.1, 0.15) is 0 Å². The molecule has 0 atom stereocenters. The van der Waals surface area contributed by atoms with Gasteiger partial charge in [-0.25, -0.2) is 4.79 Å². The molecule has 1 aromatic carbocycles. The van der Waals surface area contributed by atoms with Crippen molar-refractivity contribution >= 4 is 24.9 Å². The molecule has 1 heterocycles. The molecule has 0 aromatic heterocycles. The predicted molar refractivity (Wildman–Crippen MR) is 90.8 cm³/mol. The van der Waals surface area contributed by atoms with Crippen LogP contribution in [-0.4, -0.2) is 36.1 Å². The summed E-state index contributed by atoms with van der Waals surface area (Å²) in [5, 5.41) is 12.2. The number of hydrogen-bond acceptors (Lipinski definition) is 4. The molecule has 4 N–H and O–H groups in total. The summed E-state index contributed by atoms with van der Waals surface area (Å²) in [5.74, 6) is 0. The van der Waals surface area contributed by atoms with E-state index >= 15 is 0 Å². The van der Waals surface area contributed by atoms with Crippen molar-refractivity contribution in [3.8, 4) is 0 Å². The Balaban J connectivity index is 2.25. The maximum Gasteiger partial charge on any atom is 0.492 e. The molecule has 0 spiro atoms. The van der Waals surface area contributed by atoms with Gasteiger partial charge in [-0.2, -0.15) is 0 Å². The Morgan fingerprint density at radius 3 is 2.43 bits per heavy atom. The fourth-order valence-corrected chi connectivity index (χ4v) is 2.25.